The molecule has 1 atom stereocenters. The number of ether oxygens (including phenoxy) is 1. The Morgan fingerprint density at radius 2 is 1.95 bits per heavy atom. The van der Waals surface area contributed by atoms with Crippen LogP contribution in [0.4, 0.5) is 0 Å². The number of hydrogen-bond donors (Lipinski definition) is 2. The van der Waals surface area contributed by atoms with Crippen LogP contribution in [0.15, 0.2) is 73.3 Å². The number of aromatic nitrogens is 5. The molecule has 0 aliphatic carbocycles. The third-order valence-corrected chi connectivity index (χ3v) is 6.88. The summed E-state index contributed by atoms with van der Waals surface area (Å²) in [6.45, 7) is 4.32. The van der Waals surface area contributed by atoms with E-state index in [1.54, 1.807) is 30.9 Å². The van der Waals surface area contributed by atoms with Gasteiger partial charge in [-0.1, -0.05) is 12.1 Å². The van der Waals surface area contributed by atoms with Crippen LogP contribution in [0.2, 0.25) is 0 Å². The standard InChI is InChI=1S/C30H28N6O2/c1-19-4-2-6-26(36-19)29-28(34-18-35-29)21-7-8-25-23(12-21)13-24(16-33-25)27-14-22(9-11-32-27)30(37)38-17-20-5-3-10-31-15-20/h2,4,6-9,11-14,16,18,20,31H,3,5,10,15,17H2,1H3,(H,34,35)/t20-/m0/s1. The van der Waals surface area contributed by atoms with E-state index in [0.717, 1.165) is 70.7 Å². The van der Waals surface area contributed by atoms with Crippen LogP contribution in [0.25, 0.3) is 44.8 Å². The normalized spacial score (nSPS) is 15.4. The summed E-state index contributed by atoms with van der Waals surface area (Å²) in [5.74, 6) is 0.0377. The second kappa shape index (κ2) is 10.5. The molecule has 1 saturated heterocycles. The fourth-order valence-electron chi connectivity index (χ4n) is 4.87. The highest BCUT2D eigenvalue weighted by atomic mass is 16.5. The van der Waals surface area contributed by atoms with Crippen molar-refractivity contribution in [2.45, 2.75) is 19.8 Å². The quantitative estimate of drug-likeness (QED) is 0.306. The van der Waals surface area contributed by atoms with Gasteiger partial charge in [-0.15, -0.1) is 0 Å². The van der Waals surface area contributed by atoms with Crippen LogP contribution in [0.3, 0.4) is 0 Å². The molecule has 6 rings (SSSR count). The molecule has 38 heavy (non-hydrogen) atoms. The zero-order valence-electron chi connectivity index (χ0n) is 21.1. The molecular formula is C30H28N6O2. The first-order chi connectivity index (χ1) is 18.6. The van der Waals surface area contributed by atoms with Crippen molar-refractivity contribution in [2.24, 2.45) is 5.92 Å². The molecule has 4 aromatic heterocycles. The van der Waals surface area contributed by atoms with E-state index in [9.17, 15) is 4.79 Å². The molecule has 0 amide bonds. The van der Waals surface area contributed by atoms with Crippen LogP contribution in [0, 0.1) is 12.8 Å². The average Bonchev–Trinajstić information content (AvgIpc) is 3.46. The van der Waals surface area contributed by atoms with Crippen molar-refractivity contribution in [1.82, 2.24) is 30.2 Å². The second-order valence-electron chi connectivity index (χ2n) is 9.66. The molecule has 190 valence electrons. The van der Waals surface area contributed by atoms with Crippen LogP contribution in [-0.2, 0) is 4.74 Å². The SMILES string of the molecule is Cc1cccc(-c2[nH]cnc2-c2ccc3ncc(-c4cc(C(=O)OC[C@H]5CCCNC5)ccn4)cc3c2)n1. The summed E-state index contributed by atoms with van der Waals surface area (Å²) in [7, 11) is 0. The summed E-state index contributed by atoms with van der Waals surface area (Å²) < 4.78 is 5.60. The van der Waals surface area contributed by atoms with E-state index in [2.05, 4.69) is 36.3 Å². The predicted molar refractivity (Wildman–Crippen MR) is 146 cm³/mol. The molecule has 0 bridgehead atoms. The van der Waals surface area contributed by atoms with Gasteiger partial charge in [0.15, 0.2) is 0 Å². The molecule has 0 radical (unpaired) electrons. The molecule has 1 fully saturated rings. The molecule has 2 N–H and O–H groups in total. The molecular weight excluding hydrogens is 476 g/mol. The summed E-state index contributed by atoms with van der Waals surface area (Å²) in [6.07, 6.45) is 7.30. The maximum atomic E-state index is 12.7. The molecule has 5 heterocycles. The van der Waals surface area contributed by atoms with E-state index in [4.69, 9.17) is 4.74 Å². The summed E-state index contributed by atoms with van der Waals surface area (Å²) in [5.41, 5.74) is 7.28. The number of rotatable bonds is 6. The summed E-state index contributed by atoms with van der Waals surface area (Å²) in [5, 5.41) is 4.30. The summed E-state index contributed by atoms with van der Waals surface area (Å²) >= 11 is 0. The number of piperidine rings is 1. The van der Waals surface area contributed by atoms with Gasteiger partial charge in [0.2, 0.25) is 0 Å². The lowest BCUT2D eigenvalue weighted by molar-refractivity contribution is 0.0421. The topological polar surface area (TPSA) is 106 Å². The molecule has 5 aromatic rings. The van der Waals surface area contributed by atoms with Crippen molar-refractivity contribution in [3.8, 4) is 33.9 Å². The Morgan fingerprint density at radius 1 is 1.03 bits per heavy atom. The van der Waals surface area contributed by atoms with Crippen molar-refractivity contribution in [1.29, 1.82) is 0 Å². The Morgan fingerprint density at radius 3 is 2.82 bits per heavy atom. The van der Waals surface area contributed by atoms with Crippen LogP contribution < -0.4 is 5.32 Å². The largest absolute Gasteiger partial charge is 0.462 e. The molecule has 8 nitrogen and oxygen atoms in total. The Balaban J connectivity index is 1.27. The number of pyridine rings is 3. The lowest BCUT2D eigenvalue weighted by Gasteiger charge is -2.22. The fraction of sp³-hybridized carbons (Fsp3) is 0.233. The number of aryl methyl sites for hydroxylation is 1. The van der Waals surface area contributed by atoms with Crippen LogP contribution in [0.1, 0.15) is 28.9 Å². The molecule has 0 spiro atoms. The van der Waals surface area contributed by atoms with E-state index in [0.29, 0.717) is 23.8 Å². The average molecular weight is 505 g/mol. The Bertz CT molecular complexity index is 1610. The van der Waals surface area contributed by atoms with Crippen LogP contribution in [0.5, 0.6) is 0 Å². The lowest BCUT2D eigenvalue weighted by atomic mass is 10.0. The van der Waals surface area contributed by atoms with Gasteiger partial charge in [0.25, 0.3) is 0 Å². The first-order valence-electron chi connectivity index (χ1n) is 12.9. The predicted octanol–water partition coefficient (Wildman–Crippen LogP) is 5.21. The van der Waals surface area contributed by atoms with Gasteiger partial charge in [-0.25, -0.2) is 9.78 Å². The van der Waals surface area contributed by atoms with Gasteiger partial charge >= 0.3 is 5.97 Å². The first-order valence-corrected chi connectivity index (χ1v) is 12.9. The van der Waals surface area contributed by atoms with Gasteiger partial charge in [-0.2, -0.15) is 0 Å². The number of nitrogens with zero attached hydrogens (tertiary/aromatic N) is 4. The summed E-state index contributed by atoms with van der Waals surface area (Å²) in [6, 6.07) is 17.5. The minimum Gasteiger partial charge on any atom is -0.462 e. The first kappa shape index (κ1) is 23.9. The monoisotopic (exact) mass is 504 g/mol. The van der Waals surface area contributed by atoms with Crippen LogP contribution in [-0.4, -0.2) is 50.6 Å². The number of imidazole rings is 1. The van der Waals surface area contributed by atoms with Gasteiger partial charge < -0.3 is 15.0 Å². The van der Waals surface area contributed by atoms with E-state index < -0.39 is 0 Å². The number of nitrogens with one attached hydrogen (secondary N) is 2. The van der Waals surface area contributed by atoms with Gasteiger partial charge in [0.1, 0.15) is 0 Å². The minimum absolute atomic E-state index is 0.328. The van der Waals surface area contributed by atoms with Gasteiger partial charge in [-0.05, 0) is 68.8 Å². The maximum absolute atomic E-state index is 12.7. The second-order valence-corrected chi connectivity index (χ2v) is 9.66. The fourth-order valence-corrected chi connectivity index (χ4v) is 4.87. The molecule has 0 saturated carbocycles. The zero-order chi connectivity index (χ0) is 25.9. The molecule has 1 aliphatic rings. The third-order valence-electron chi connectivity index (χ3n) is 6.88. The molecule has 0 unspecified atom stereocenters. The Kier molecular flexibility index (Phi) is 6.62. The van der Waals surface area contributed by atoms with Crippen molar-refractivity contribution in [2.75, 3.05) is 19.7 Å². The number of aromatic amines is 1. The maximum Gasteiger partial charge on any atom is 0.338 e. The van der Waals surface area contributed by atoms with Gasteiger partial charge in [0.05, 0.1) is 46.8 Å². The van der Waals surface area contributed by atoms with E-state index in [1.165, 1.54) is 0 Å². The van der Waals surface area contributed by atoms with E-state index in [-0.39, 0.29) is 5.97 Å². The number of fused-ring (bicyclic) bond motifs is 1. The smallest absolute Gasteiger partial charge is 0.338 e. The third kappa shape index (κ3) is 5.03. The number of H-pyrrole nitrogens is 1. The van der Waals surface area contributed by atoms with Crippen LogP contribution >= 0.6 is 0 Å². The van der Waals surface area contributed by atoms with Gasteiger partial charge in [0, 0.05) is 47.1 Å². The van der Waals surface area contributed by atoms with Gasteiger partial charge in [-0.3, -0.25) is 15.0 Å². The highest BCUT2D eigenvalue weighted by Crippen LogP contribution is 2.31. The Hall–Kier alpha value is -4.43. The number of carbonyl (C=O) groups excluding carboxylic acids is 1. The molecule has 1 aromatic carbocycles. The minimum atomic E-state index is -0.328. The van der Waals surface area contributed by atoms with Crippen molar-refractivity contribution < 1.29 is 9.53 Å². The highest BCUT2D eigenvalue weighted by molar-refractivity contribution is 5.92. The number of hydrogen-bond acceptors (Lipinski definition) is 7. The molecule has 1 aliphatic heterocycles. The van der Waals surface area contributed by atoms with Crippen molar-refractivity contribution in [3.05, 3.63) is 84.6 Å². The summed E-state index contributed by atoms with van der Waals surface area (Å²) in [4.78, 5) is 34.3. The number of carbonyl (C=O) groups is 1. The number of esters is 1. The Labute approximate surface area is 220 Å². The molecule has 8 heteroatoms. The van der Waals surface area contributed by atoms with Crippen molar-refractivity contribution >= 4 is 16.9 Å². The highest BCUT2D eigenvalue weighted by Gasteiger charge is 2.17. The lowest BCUT2D eigenvalue weighted by Crippen LogP contribution is -2.32. The van der Waals surface area contributed by atoms with E-state index >= 15 is 0 Å². The van der Waals surface area contributed by atoms with Crippen molar-refractivity contribution in [3.63, 3.8) is 0 Å². The van der Waals surface area contributed by atoms with E-state index in [1.807, 2.05) is 43.3 Å². The number of benzene rings is 1. The zero-order valence-corrected chi connectivity index (χ0v) is 21.1.